The average molecular weight is 308 g/mol. The molecule has 0 spiro atoms. The van der Waals surface area contributed by atoms with Gasteiger partial charge in [0.1, 0.15) is 5.82 Å². The van der Waals surface area contributed by atoms with Gasteiger partial charge in [0.05, 0.1) is 11.0 Å². The highest BCUT2D eigenvalue weighted by atomic mass is 16.2. The Morgan fingerprint density at radius 3 is 2.70 bits per heavy atom. The Balaban J connectivity index is 1.65. The second kappa shape index (κ2) is 6.52. The van der Waals surface area contributed by atoms with Gasteiger partial charge in [0.25, 0.3) is 0 Å². The van der Waals surface area contributed by atoms with Gasteiger partial charge in [-0.05, 0) is 23.8 Å². The Labute approximate surface area is 135 Å². The van der Waals surface area contributed by atoms with Gasteiger partial charge in [-0.15, -0.1) is 0 Å². The summed E-state index contributed by atoms with van der Waals surface area (Å²) in [7, 11) is 0. The summed E-state index contributed by atoms with van der Waals surface area (Å²) < 4.78 is 0. The van der Waals surface area contributed by atoms with Gasteiger partial charge < -0.3 is 15.6 Å². The molecular weight excluding hydrogens is 288 g/mol. The normalized spacial score (nSPS) is 10.9. The molecular formula is C18H20N4O. The minimum Gasteiger partial charge on any atom is -0.342 e. The summed E-state index contributed by atoms with van der Waals surface area (Å²) in [6, 6.07) is 15.2. The third kappa shape index (κ3) is 3.69. The standard InChI is InChI=1S/C18H20N4O/c1-12(2)17-21-15-9-8-14(10-16(15)22-17)20-18(23)19-11-13-6-4-3-5-7-13/h3-10,12H,11H2,1-2H3,(H,21,22)(H2,19,20,23). The van der Waals surface area contributed by atoms with Crippen molar-refractivity contribution in [2.75, 3.05) is 5.32 Å². The molecule has 0 aliphatic heterocycles. The number of hydrogen-bond donors (Lipinski definition) is 3. The third-order valence-corrected chi connectivity index (χ3v) is 3.60. The summed E-state index contributed by atoms with van der Waals surface area (Å²) in [5, 5.41) is 5.69. The molecule has 0 aliphatic rings. The molecule has 3 rings (SSSR count). The van der Waals surface area contributed by atoms with Crippen molar-refractivity contribution in [3.05, 3.63) is 59.9 Å². The van der Waals surface area contributed by atoms with E-state index in [0.717, 1.165) is 28.1 Å². The molecule has 5 nitrogen and oxygen atoms in total. The number of carbonyl (C=O) groups is 1. The van der Waals surface area contributed by atoms with Crippen LogP contribution in [-0.2, 0) is 6.54 Å². The second-order valence-electron chi connectivity index (χ2n) is 5.80. The number of aromatic nitrogens is 2. The van der Waals surface area contributed by atoms with Gasteiger partial charge in [0.2, 0.25) is 0 Å². The zero-order valence-electron chi connectivity index (χ0n) is 13.3. The predicted octanol–water partition coefficient (Wildman–Crippen LogP) is 4.01. The smallest absolute Gasteiger partial charge is 0.319 e. The maximum Gasteiger partial charge on any atom is 0.319 e. The molecule has 5 heteroatoms. The molecule has 0 radical (unpaired) electrons. The van der Waals surface area contributed by atoms with Gasteiger partial charge in [-0.3, -0.25) is 0 Å². The zero-order valence-corrected chi connectivity index (χ0v) is 13.3. The Morgan fingerprint density at radius 2 is 1.96 bits per heavy atom. The van der Waals surface area contributed by atoms with Crippen LogP contribution in [0.15, 0.2) is 48.5 Å². The first-order valence-electron chi connectivity index (χ1n) is 7.70. The topological polar surface area (TPSA) is 69.8 Å². The number of carbonyl (C=O) groups excluding carboxylic acids is 1. The number of rotatable bonds is 4. The van der Waals surface area contributed by atoms with E-state index >= 15 is 0 Å². The van der Waals surface area contributed by atoms with Crippen LogP contribution in [0.1, 0.15) is 31.2 Å². The van der Waals surface area contributed by atoms with E-state index in [1.165, 1.54) is 0 Å². The fourth-order valence-electron chi connectivity index (χ4n) is 2.33. The lowest BCUT2D eigenvalue weighted by Crippen LogP contribution is -2.28. The quantitative estimate of drug-likeness (QED) is 0.681. The molecule has 0 fully saturated rings. The van der Waals surface area contributed by atoms with Crippen LogP contribution in [0, 0.1) is 0 Å². The number of nitrogens with one attached hydrogen (secondary N) is 3. The number of aromatic amines is 1. The lowest BCUT2D eigenvalue weighted by molar-refractivity contribution is 0.251. The van der Waals surface area contributed by atoms with Crippen LogP contribution in [0.3, 0.4) is 0 Å². The molecule has 0 saturated heterocycles. The van der Waals surface area contributed by atoms with Gasteiger partial charge in [-0.25, -0.2) is 9.78 Å². The van der Waals surface area contributed by atoms with Crippen LogP contribution in [0.25, 0.3) is 11.0 Å². The van der Waals surface area contributed by atoms with E-state index < -0.39 is 0 Å². The number of H-pyrrole nitrogens is 1. The van der Waals surface area contributed by atoms with Gasteiger partial charge >= 0.3 is 6.03 Å². The van der Waals surface area contributed by atoms with Crippen molar-refractivity contribution >= 4 is 22.8 Å². The SMILES string of the molecule is CC(C)c1nc2ccc(NC(=O)NCc3ccccc3)cc2[nH]1. The molecule has 118 valence electrons. The van der Waals surface area contributed by atoms with Gasteiger partial charge in [-0.2, -0.15) is 0 Å². The summed E-state index contributed by atoms with van der Waals surface area (Å²) in [5.74, 6) is 1.29. The van der Waals surface area contributed by atoms with Crippen molar-refractivity contribution in [3.63, 3.8) is 0 Å². The number of fused-ring (bicyclic) bond motifs is 1. The fourth-order valence-corrected chi connectivity index (χ4v) is 2.33. The van der Waals surface area contributed by atoms with Crippen LogP contribution in [-0.4, -0.2) is 16.0 Å². The largest absolute Gasteiger partial charge is 0.342 e. The number of nitrogens with zero attached hydrogens (tertiary/aromatic N) is 1. The van der Waals surface area contributed by atoms with Crippen LogP contribution in [0.2, 0.25) is 0 Å². The highest BCUT2D eigenvalue weighted by Gasteiger charge is 2.08. The summed E-state index contributed by atoms with van der Waals surface area (Å²) in [6.45, 7) is 4.68. The zero-order chi connectivity index (χ0) is 16.2. The van der Waals surface area contributed by atoms with Crippen molar-refractivity contribution in [2.24, 2.45) is 0 Å². The first-order valence-corrected chi connectivity index (χ1v) is 7.70. The maximum atomic E-state index is 12.0. The van der Waals surface area contributed by atoms with Crippen LogP contribution < -0.4 is 10.6 Å². The van der Waals surface area contributed by atoms with E-state index in [4.69, 9.17) is 0 Å². The first-order chi connectivity index (χ1) is 11.1. The van der Waals surface area contributed by atoms with E-state index in [-0.39, 0.29) is 6.03 Å². The van der Waals surface area contributed by atoms with Gasteiger partial charge in [-0.1, -0.05) is 44.2 Å². The molecule has 2 amide bonds. The minimum atomic E-state index is -0.225. The number of hydrogen-bond acceptors (Lipinski definition) is 2. The molecule has 1 aromatic heterocycles. The minimum absolute atomic E-state index is 0.225. The van der Waals surface area contributed by atoms with E-state index in [2.05, 4.69) is 34.4 Å². The molecule has 0 atom stereocenters. The molecule has 0 bridgehead atoms. The Morgan fingerprint density at radius 1 is 1.17 bits per heavy atom. The van der Waals surface area contributed by atoms with Crippen LogP contribution in [0.5, 0.6) is 0 Å². The van der Waals surface area contributed by atoms with E-state index in [9.17, 15) is 4.79 Å². The molecule has 3 N–H and O–H groups in total. The van der Waals surface area contributed by atoms with Crippen LogP contribution >= 0.6 is 0 Å². The monoisotopic (exact) mass is 308 g/mol. The van der Waals surface area contributed by atoms with E-state index in [1.54, 1.807) is 0 Å². The van der Waals surface area contributed by atoms with E-state index in [0.29, 0.717) is 12.5 Å². The number of benzene rings is 2. The molecule has 1 heterocycles. The van der Waals surface area contributed by atoms with Crippen molar-refractivity contribution in [1.82, 2.24) is 15.3 Å². The summed E-state index contributed by atoms with van der Waals surface area (Å²) in [6.07, 6.45) is 0. The van der Waals surface area contributed by atoms with Crippen molar-refractivity contribution in [2.45, 2.75) is 26.3 Å². The lowest BCUT2D eigenvalue weighted by Gasteiger charge is -2.07. The summed E-state index contributed by atoms with van der Waals surface area (Å²) in [5.41, 5.74) is 3.63. The Kier molecular flexibility index (Phi) is 4.28. The molecule has 23 heavy (non-hydrogen) atoms. The molecule has 0 saturated carbocycles. The van der Waals surface area contributed by atoms with Crippen molar-refractivity contribution < 1.29 is 4.79 Å². The average Bonchev–Trinajstić information content (AvgIpc) is 2.97. The molecule has 0 aliphatic carbocycles. The highest BCUT2D eigenvalue weighted by Crippen LogP contribution is 2.20. The summed E-state index contributed by atoms with van der Waals surface area (Å²) in [4.78, 5) is 19.8. The lowest BCUT2D eigenvalue weighted by atomic mass is 10.2. The third-order valence-electron chi connectivity index (χ3n) is 3.60. The van der Waals surface area contributed by atoms with Gasteiger partial charge in [0, 0.05) is 18.2 Å². The molecule has 3 aromatic rings. The molecule has 2 aromatic carbocycles. The Hall–Kier alpha value is -2.82. The first kappa shape index (κ1) is 15.1. The second-order valence-corrected chi connectivity index (χ2v) is 5.80. The van der Waals surface area contributed by atoms with E-state index in [1.807, 2.05) is 48.5 Å². The fraction of sp³-hybridized carbons (Fsp3) is 0.222. The Bertz CT molecular complexity index is 808. The predicted molar refractivity (Wildman–Crippen MR) is 92.5 cm³/mol. The highest BCUT2D eigenvalue weighted by molar-refractivity contribution is 5.91. The number of imidazole rings is 1. The summed E-state index contributed by atoms with van der Waals surface area (Å²) >= 11 is 0. The number of amides is 2. The van der Waals surface area contributed by atoms with Crippen molar-refractivity contribution in [3.8, 4) is 0 Å². The molecule has 0 unspecified atom stereocenters. The van der Waals surface area contributed by atoms with Crippen LogP contribution in [0.4, 0.5) is 10.5 Å². The van der Waals surface area contributed by atoms with Gasteiger partial charge in [0.15, 0.2) is 0 Å². The maximum absolute atomic E-state index is 12.0. The number of urea groups is 1. The number of anilines is 1. The van der Waals surface area contributed by atoms with Crippen molar-refractivity contribution in [1.29, 1.82) is 0 Å².